The van der Waals surface area contributed by atoms with Crippen molar-refractivity contribution in [2.24, 2.45) is 17.6 Å². The third kappa shape index (κ3) is 3.01. The minimum absolute atomic E-state index is 0.345. The summed E-state index contributed by atoms with van der Waals surface area (Å²) in [7, 11) is 0. The molecule has 1 aromatic heterocycles. The molecule has 1 aromatic carbocycles. The second-order valence-corrected chi connectivity index (χ2v) is 7.32. The van der Waals surface area contributed by atoms with Crippen LogP contribution in [0.3, 0.4) is 0 Å². The molecular weight excluding hydrogens is 370 g/mol. The van der Waals surface area contributed by atoms with Crippen LogP contribution >= 0.6 is 15.9 Å². The summed E-state index contributed by atoms with van der Waals surface area (Å²) in [5.74, 6) is 1.49. The van der Waals surface area contributed by atoms with Crippen molar-refractivity contribution in [3.63, 3.8) is 0 Å². The fourth-order valence-corrected chi connectivity index (χ4v) is 3.71. The van der Waals surface area contributed by atoms with Gasteiger partial charge in [-0.3, -0.25) is 4.79 Å². The molecule has 0 bridgehead atoms. The lowest BCUT2D eigenvalue weighted by atomic mass is 10.2. The van der Waals surface area contributed by atoms with E-state index in [9.17, 15) is 4.79 Å². The molecule has 4 rings (SSSR count). The number of primary amides is 1. The first-order chi connectivity index (χ1) is 11.6. The maximum Gasteiger partial charge on any atom is 0.251 e. The van der Waals surface area contributed by atoms with Gasteiger partial charge in [-0.25, -0.2) is 9.97 Å². The van der Waals surface area contributed by atoms with Gasteiger partial charge in [-0.05, 0) is 29.5 Å². The number of anilines is 1. The van der Waals surface area contributed by atoms with E-state index < -0.39 is 5.91 Å². The number of carbonyl (C=O) groups is 1. The van der Waals surface area contributed by atoms with E-state index in [-0.39, 0.29) is 0 Å². The van der Waals surface area contributed by atoms with Gasteiger partial charge in [0.1, 0.15) is 0 Å². The predicted octanol–water partition coefficient (Wildman–Crippen LogP) is 1.56. The highest BCUT2D eigenvalue weighted by Gasteiger charge is 2.55. The Morgan fingerprint density at radius 3 is 2.42 bits per heavy atom. The first-order valence-corrected chi connectivity index (χ1v) is 8.76. The lowest BCUT2D eigenvalue weighted by Crippen LogP contribution is -2.32. The van der Waals surface area contributed by atoms with Gasteiger partial charge < -0.3 is 16.0 Å². The highest BCUT2D eigenvalue weighted by atomic mass is 79.9. The maximum absolute atomic E-state index is 11.1. The summed E-state index contributed by atoms with van der Waals surface area (Å²) in [6, 6.07) is 8.99. The topological polar surface area (TPSA) is 84.1 Å². The molecule has 2 unspecified atom stereocenters. The second-order valence-electron chi connectivity index (χ2n) is 6.40. The van der Waals surface area contributed by atoms with E-state index in [1.807, 2.05) is 0 Å². The van der Waals surface area contributed by atoms with E-state index in [0.29, 0.717) is 29.4 Å². The monoisotopic (exact) mass is 387 g/mol. The average molecular weight is 388 g/mol. The lowest BCUT2D eigenvalue weighted by Gasteiger charge is -2.20. The Kier molecular flexibility index (Phi) is 3.97. The van der Waals surface area contributed by atoms with Crippen LogP contribution in [-0.4, -0.2) is 35.0 Å². The Balaban J connectivity index is 1.29. The molecule has 0 radical (unpaired) electrons. The van der Waals surface area contributed by atoms with Crippen LogP contribution < -0.4 is 16.0 Å². The fraction of sp³-hybridized carbons (Fsp3) is 0.353. The number of nitrogens with one attached hydrogen (secondary N) is 1. The van der Waals surface area contributed by atoms with Crippen molar-refractivity contribution >= 4 is 27.8 Å². The highest BCUT2D eigenvalue weighted by Crippen LogP contribution is 2.46. The van der Waals surface area contributed by atoms with Gasteiger partial charge in [0, 0.05) is 42.5 Å². The molecule has 1 saturated heterocycles. The fourth-order valence-electron chi connectivity index (χ4n) is 3.44. The number of amides is 1. The zero-order valence-corrected chi connectivity index (χ0v) is 14.6. The molecule has 6 nitrogen and oxygen atoms in total. The molecule has 124 valence electrons. The zero-order chi connectivity index (χ0) is 16.7. The van der Waals surface area contributed by atoms with Crippen LogP contribution in [0.5, 0.6) is 0 Å². The molecule has 2 heterocycles. The zero-order valence-electron chi connectivity index (χ0n) is 13.0. The van der Waals surface area contributed by atoms with E-state index in [1.54, 1.807) is 0 Å². The van der Waals surface area contributed by atoms with Gasteiger partial charge in [-0.15, -0.1) is 0 Å². The van der Waals surface area contributed by atoms with Crippen LogP contribution in [0.1, 0.15) is 15.9 Å². The van der Waals surface area contributed by atoms with Crippen molar-refractivity contribution in [1.29, 1.82) is 0 Å². The quantitative estimate of drug-likeness (QED) is 0.812. The summed E-state index contributed by atoms with van der Waals surface area (Å²) in [5.41, 5.74) is 6.85. The van der Waals surface area contributed by atoms with Crippen LogP contribution in [-0.2, 0) is 6.54 Å². The normalized spacial score (nSPS) is 24.7. The van der Waals surface area contributed by atoms with E-state index in [1.165, 1.54) is 18.0 Å². The molecule has 2 aliphatic rings. The number of piperidine rings is 1. The number of fused-ring (bicyclic) bond motifs is 1. The molecule has 24 heavy (non-hydrogen) atoms. The minimum atomic E-state index is -0.497. The van der Waals surface area contributed by atoms with Crippen LogP contribution in [0, 0.1) is 11.8 Å². The summed E-state index contributed by atoms with van der Waals surface area (Å²) in [4.78, 5) is 21.7. The number of hydrogen-bond donors (Lipinski definition) is 2. The number of nitrogens with zero attached hydrogens (tertiary/aromatic N) is 3. The van der Waals surface area contributed by atoms with Crippen molar-refractivity contribution in [3.05, 3.63) is 52.3 Å². The third-order valence-electron chi connectivity index (χ3n) is 4.85. The molecule has 1 saturated carbocycles. The van der Waals surface area contributed by atoms with Crippen molar-refractivity contribution in [2.75, 3.05) is 18.0 Å². The Morgan fingerprint density at radius 1 is 1.21 bits per heavy atom. The highest BCUT2D eigenvalue weighted by molar-refractivity contribution is 9.10. The second kappa shape index (κ2) is 6.14. The van der Waals surface area contributed by atoms with Crippen molar-refractivity contribution in [1.82, 2.24) is 15.3 Å². The Hall–Kier alpha value is -1.99. The number of carbonyl (C=O) groups excluding carboxylic acids is 1. The molecule has 2 atom stereocenters. The van der Waals surface area contributed by atoms with Crippen LogP contribution in [0.15, 0.2) is 41.1 Å². The molecule has 2 fully saturated rings. The summed E-state index contributed by atoms with van der Waals surface area (Å²) < 4.78 is 1.10. The molecule has 3 N–H and O–H groups in total. The largest absolute Gasteiger partial charge is 0.366 e. The van der Waals surface area contributed by atoms with Crippen molar-refractivity contribution in [3.8, 4) is 0 Å². The standard InChI is InChI=1S/C17H18BrN5O/c18-12-3-1-10(2-4-12)5-20-15-13-8-23(9-14(13)15)17-21-6-11(7-22-17)16(19)24/h1-4,6-7,13-15,20H,5,8-9H2,(H2,19,24). The van der Waals surface area contributed by atoms with Crippen LogP contribution in [0.2, 0.25) is 0 Å². The molecular formula is C17H18BrN5O. The minimum Gasteiger partial charge on any atom is -0.366 e. The number of aromatic nitrogens is 2. The number of rotatable bonds is 5. The predicted molar refractivity (Wildman–Crippen MR) is 94.5 cm³/mol. The molecule has 1 aliphatic carbocycles. The summed E-state index contributed by atoms with van der Waals surface area (Å²) in [5, 5.41) is 3.65. The number of hydrogen-bond acceptors (Lipinski definition) is 5. The first-order valence-electron chi connectivity index (χ1n) is 7.96. The van der Waals surface area contributed by atoms with Gasteiger partial charge >= 0.3 is 0 Å². The van der Waals surface area contributed by atoms with Crippen molar-refractivity contribution in [2.45, 2.75) is 12.6 Å². The van der Waals surface area contributed by atoms with Gasteiger partial charge in [0.25, 0.3) is 5.91 Å². The van der Waals surface area contributed by atoms with Crippen molar-refractivity contribution < 1.29 is 4.79 Å². The van der Waals surface area contributed by atoms with E-state index in [4.69, 9.17) is 5.73 Å². The van der Waals surface area contributed by atoms with Gasteiger partial charge in [-0.1, -0.05) is 28.1 Å². The Labute approximate surface area is 148 Å². The number of benzene rings is 1. The smallest absolute Gasteiger partial charge is 0.251 e. The molecule has 0 spiro atoms. The molecule has 2 aromatic rings. The summed E-state index contributed by atoms with van der Waals surface area (Å²) in [6.45, 7) is 2.81. The van der Waals surface area contributed by atoms with Gasteiger partial charge in [0.2, 0.25) is 5.95 Å². The van der Waals surface area contributed by atoms with Gasteiger partial charge in [0.05, 0.1) is 5.56 Å². The summed E-state index contributed by atoms with van der Waals surface area (Å²) >= 11 is 3.45. The SMILES string of the molecule is NC(=O)c1cnc(N2CC3C(C2)C3NCc2ccc(Br)cc2)nc1. The van der Waals surface area contributed by atoms with E-state index in [0.717, 1.165) is 24.1 Å². The third-order valence-corrected chi connectivity index (χ3v) is 5.38. The van der Waals surface area contributed by atoms with E-state index >= 15 is 0 Å². The molecule has 7 heteroatoms. The Morgan fingerprint density at radius 2 is 1.83 bits per heavy atom. The Bertz CT molecular complexity index is 737. The molecule has 1 aliphatic heterocycles. The van der Waals surface area contributed by atoms with Crippen LogP contribution in [0.4, 0.5) is 5.95 Å². The summed E-state index contributed by atoms with van der Waals surface area (Å²) in [6.07, 6.45) is 3.00. The van der Waals surface area contributed by atoms with Gasteiger partial charge in [0.15, 0.2) is 0 Å². The number of halogens is 1. The van der Waals surface area contributed by atoms with Gasteiger partial charge in [-0.2, -0.15) is 0 Å². The number of nitrogens with two attached hydrogens (primary N) is 1. The van der Waals surface area contributed by atoms with Crippen LogP contribution in [0.25, 0.3) is 0 Å². The maximum atomic E-state index is 11.1. The first kappa shape index (κ1) is 15.5. The molecule has 1 amide bonds. The average Bonchev–Trinajstić information content (AvgIpc) is 3.04. The van der Waals surface area contributed by atoms with E-state index in [2.05, 4.69) is 60.4 Å². The lowest BCUT2D eigenvalue weighted by molar-refractivity contribution is 0.0999.